The summed E-state index contributed by atoms with van der Waals surface area (Å²) >= 11 is 0. The number of phenols is 2. The van der Waals surface area contributed by atoms with Gasteiger partial charge in [0.15, 0.2) is 11.5 Å². The van der Waals surface area contributed by atoms with Crippen molar-refractivity contribution in [2.45, 2.75) is 65.2 Å². The molecule has 0 bridgehead atoms. The van der Waals surface area contributed by atoms with Crippen LogP contribution in [0.3, 0.4) is 0 Å². The third-order valence-corrected chi connectivity index (χ3v) is 5.34. The number of anilines is 1. The molecular formula is C27H37NO5. The van der Waals surface area contributed by atoms with E-state index in [-0.39, 0.29) is 17.2 Å². The van der Waals surface area contributed by atoms with Gasteiger partial charge in [-0.2, -0.15) is 0 Å². The predicted octanol–water partition coefficient (Wildman–Crippen LogP) is 6.81. The second-order valence-electron chi connectivity index (χ2n) is 8.03. The summed E-state index contributed by atoms with van der Waals surface area (Å²) in [6.07, 6.45) is 9.58. The van der Waals surface area contributed by atoms with E-state index in [2.05, 4.69) is 25.7 Å². The number of carbonyl (C=O) groups excluding carboxylic acids is 1. The van der Waals surface area contributed by atoms with Crippen molar-refractivity contribution in [3.8, 4) is 34.1 Å². The molecule has 0 aromatic heterocycles. The van der Waals surface area contributed by atoms with Crippen LogP contribution >= 0.6 is 0 Å². The summed E-state index contributed by atoms with van der Waals surface area (Å²) < 4.78 is 11.8. The van der Waals surface area contributed by atoms with Gasteiger partial charge in [0.2, 0.25) is 11.7 Å². The molecule has 0 aliphatic heterocycles. The highest BCUT2D eigenvalue weighted by Gasteiger charge is 2.17. The number of ether oxygens (including phenoxy) is 2. The molecule has 1 amide bonds. The van der Waals surface area contributed by atoms with Crippen molar-refractivity contribution >= 4 is 11.6 Å². The van der Waals surface area contributed by atoms with E-state index in [1.807, 2.05) is 0 Å². The third-order valence-electron chi connectivity index (χ3n) is 5.34. The van der Waals surface area contributed by atoms with E-state index in [0.29, 0.717) is 35.8 Å². The van der Waals surface area contributed by atoms with Gasteiger partial charge in [-0.25, -0.2) is 0 Å². The smallest absolute Gasteiger partial charge is 0.247 e. The molecule has 3 N–H and O–H groups in total. The van der Waals surface area contributed by atoms with Crippen LogP contribution in [0.15, 0.2) is 43.0 Å². The summed E-state index contributed by atoms with van der Waals surface area (Å²) in [5, 5.41) is 24.2. The van der Waals surface area contributed by atoms with Gasteiger partial charge in [0, 0.05) is 5.56 Å². The van der Waals surface area contributed by atoms with Gasteiger partial charge in [-0.1, -0.05) is 71.1 Å². The summed E-state index contributed by atoms with van der Waals surface area (Å²) in [7, 11) is 0. The van der Waals surface area contributed by atoms with E-state index in [1.54, 1.807) is 30.3 Å². The average molecular weight is 456 g/mol. The van der Waals surface area contributed by atoms with Crippen molar-refractivity contribution in [1.29, 1.82) is 0 Å². The van der Waals surface area contributed by atoms with E-state index in [1.165, 1.54) is 0 Å². The van der Waals surface area contributed by atoms with Gasteiger partial charge in [0.05, 0.1) is 18.9 Å². The molecule has 6 heteroatoms. The maximum absolute atomic E-state index is 11.7. The van der Waals surface area contributed by atoms with Crippen LogP contribution in [0.5, 0.6) is 23.0 Å². The first kappa shape index (κ1) is 26.1. The number of unbranched alkanes of at least 4 members (excludes halogenated alkanes) is 6. The SMILES string of the molecule is C=CC(=O)Nc1cccc(-c2cc(OCCCCCC)c(O)c(OCCCCCC)c2)c1O. The van der Waals surface area contributed by atoms with Gasteiger partial charge in [-0.05, 0) is 42.7 Å². The molecule has 33 heavy (non-hydrogen) atoms. The summed E-state index contributed by atoms with van der Waals surface area (Å²) in [5.74, 6) is 0.0850. The molecule has 2 aromatic carbocycles. The van der Waals surface area contributed by atoms with Crippen LogP contribution in [-0.2, 0) is 4.79 Å². The molecule has 180 valence electrons. The number of carbonyl (C=O) groups is 1. The molecule has 0 aliphatic rings. The fourth-order valence-electron chi connectivity index (χ4n) is 3.44. The Kier molecular flexibility index (Phi) is 11.1. The largest absolute Gasteiger partial charge is 0.505 e. The zero-order valence-electron chi connectivity index (χ0n) is 19.9. The highest BCUT2D eigenvalue weighted by atomic mass is 16.5. The van der Waals surface area contributed by atoms with E-state index in [9.17, 15) is 15.0 Å². The second kappa shape index (κ2) is 14.1. The number of phenolic OH excluding ortho intramolecular Hbond substituents is 2. The van der Waals surface area contributed by atoms with Crippen molar-refractivity contribution in [2.75, 3.05) is 18.5 Å². The maximum Gasteiger partial charge on any atom is 0.247 e. The van der Waals surface area contributed by atoms with Crippen LogP contribution in [0.1, 0.15) is 65.2 Å². The van der Waals surface area contributed by atoms with E-state index < -0.39 is 5.91 Å². The van der Waals surface area contributed by atoms with Gasteiger partial charge in [-0.15, -0.1) is 0 Å². The lowest BCUT2D eigenvalue weighted by atomic mass is 10.0. The maximum atomic E-state index is 11.7. The molecular weight excluding hydrogens is 418 g/mol. The minimum Gasteiger partial charge on any atom is -0.505 e. The monoisotopic (exact) mass is 455 g/mol. The predicted molar refractivity (Wildman–Crippen MR) is 133 cm³/mol. The van der Waals surface area contributed by atoms with Crippen LogP contribution in [0, 0.1) is 0 Å². The van der Waals surface area contributed by atoms with Gasteiger partial charge in [0.25, 0.3) is 0 Å². The lowest BCUT2D eigenvalue weighted by Gasteiger charge is -2.16. The molecule has 0 unspecified atom stereocenters. The van der Waals surface area contributed by atoms with Gasteiger partial charge in [0.1, 0.15) is 5.75 Å². The minimum absolute atomic E-state index is 0.0414. The number of amides is 1. The second-order valence-corrected chi connectivity index (χ2v) is 8.03. The number of hydrogen-bond donors (Lipinski definition) is 3. The van der Waals surface area contributed by atoms with E-state index >= 15 is 0 Å². The topological polar surface area (TPSA) is 88.0 Å². The van der Waals surface area contributed by atoms with Crippen LogP contribution in [0.25, 0.3) is 11.1 Å². The summed E-state index contributed by atoms with van der Waals surface area (Å²) in [5.41, 5.74) is 1.38. The summed E-state index contributed by atoms with van der Waals surface area (Å²) in [6.45, 7) is 8.70. The Morgan fingerprint density at radius 3 is 2.00 bits per heavy atom. The average Bonchev–Trinajstić information content (AvgIpc) is 2.81. The normalized spacial score (nSPS) is 10.6. The molecule has 2 aromatic rings. The minimum atomic E-state index is -0.416. The highest BCUT2D eigenvalue weighted by Crippen LogP contribution is 2.44. The van der Waals surface area contributed by atoms with E-state index in [0.717, 1.165) is 57.4 Å². The van der Waals surface area contributed by atoms with Gasteiger partial charge >= 0.3 is 0 Å². The molecule has 0 saturated carbocycles. The van der Waals surface area contributed by atoms with E-state index in [4.69, 9.17) is 9.47 Å². The summed E-state index contributed by atoms with van der Waals surface area (Å²) in [6, 6.07) is 8.45. The van der Waals surface area contributed by atoms with Crippen molar-refractivity contribution in [1.82, 2.24) is 0 Å². The number of rotatable bonds is 15. The number of nitrogens with one attached hydrogen (secondary N) is 1. The van der Waals surface area contributed by atoms with Crippen LogP contribution in [0.4, 0.5) is 5.69 Å². The van der Waals surface area contributed by atoms with Gasteiger partial charge < -0.3 is 25.0 Å². The Labute approximate surface area is 197 Å². The molecule has 6 nitrogen and oxygen atoms in total. The molecule has 0 saturated heterocycles. The highest BCUT2D eigenvalue weighted by molar-refractivity contribution is 6.00. The Morgan fingerprint density at radius 1 is 0.909 bits per heavy atom. The molecule has 0 fully saturated rings. The van der Waals surface area contributed by atoms with Crippen LogP contribution < -0.4 is 14.8 Å². The van der Waals surface area contributed by atoms with Crippen LogP contribution in [0.2, 0.25) is 0 Å². The number of hydrogen-bond acceptors (Lipinski definition) is 5. The number of benzene rings is 2. The Hall–Kier alpha value is -3.15. The first-order valence-electron chi connectivity index (χ1n) is 11.9. The molecule has 0 heterocycles. The first-order chi connectivity index (χ1) is 16.0. The molecule has 2 rings (SSSR count). The molecule has 0 aliphatic carbocycles. The Morgan fingerprint density at radius 2 is 1.48 bits per heavy atom. The van der Waals surface area contributed by atoms with Crippen molar-refractivity contribution in [3.63, 3.8) is 0 Å². The number of aromatic hydroxyl groups is 2. The van der Waals surface area contributed by atoms with Crippen molar-refractivity contribution in [3.05, 3.63) is 43.0 Å². The van der Waals surface area contributed by atoms with Crippen molar-refractivity contribution < 1.29 is 24.5 Å². The quantitative estimate of drug-likeness (QED) is 0.156. The fraction of sp³-hybridized carbons (Fsp3) is 0.444. The zero-order valence-corrected chi connectivity index (χ0v) is 19.9. The third kappa shape index (κ3) is 8.04. The zero-order chi connectivity index (χ0) is 24.1. The van der Waals surface area contributed by atoms with Crippen LogP contribution in [-0.4, -0.2) is 29.3 Å². The Bertz CT molecular complexity index is 874. The first-order valence-corrected chi connectivity index (χ1v) is 11.9. The molecule has 0 spiro atoms. The Balaban J connectivity index is 2.32. The van der Waals surface area contributed by atoms with Crippen molar-refractivity contribution in [2.24, 2.45) is 0 Å². The number of para-hydroxylation sites is 1. The fourth-order valence-corrected chi connectivity index (χ4v) is 3.44. The standard InChI is InChI=1S/C27H37NO5/c1-4-7-9-11-16-32-23-18-20(19-24(27(23)31)33-17-12-10-8-5-2)21-14-13-15-22(26(21)30)28-25(29)6-3/h6,13-15,18-19,30-31H,3-5,7-12,16-17H2,1-2H3,(H,28,29). The summed E-state index contributed by atoms with van der Waals surface area (Å²) in [4.78, 5) is 11.7. The van der Waals surface area contributed by atoms with Gasteiger partial charge in [-0.3, -0.25) is 4.79 Å². The molecule has 0 atom stereocenters. The lowest BCUT2D eigenvalue weighted by molar-refractivity contribution is -0.111. The molecule has 0 radical (unpaired) electrons. The lowest BCUT2D eigenvalue weighted by Crippen LogP contribution is -2.07.